The number of carbonyl (C=O) groups excluding carboxylic acids is 1. The third-order valence-electron chi connectivity index (χ3n) is 6.34. The summed E-state index contributed by atoms with van der Waals surface area (Å²) in [5.41, 5.74) is 0.180. The lowest BCUT2D eigenvalue weighted by molar-refractivity contribution is -0.119. The lowest BCUT2D eigenvalue weighted by Gasteiger charge is -2.55. The molecule has 4 nitrogen and oxygen atoms in total. The van der Waals surface area contributed by atoms with Crippen LogP contribution in [0.15, 0.2) is 4.52 Å². The Hall–Kier alpha value is -1.19. The van der Waals surface area contributed by atoms with Gasteiger partial charge in [-0.1, -0.05) is 5.16 Å². The Balaban J connectivity index is 1.40. The van der Waals surface area contributed by atoms with Gasteiger partial charge in [0.15, 0.2) is 5.82 Å². The molecule has 5 aliphatic rings. The second kappa shape index (κ2) is 4.17. The molecule has 0 aliphatic heterocycles. The summed E-state index contributed by atoms with van der Waals surface area (Å²) in [6.45, 7) is 0. The predicted molar refractivity (Wildman–Crippen MR) is 75.6 cm³/mol. The van der Waals surface area contributed by atoms with Crippen molar-refractivity contribution in [1.82, 2.24) is 10.1 Å². The second-order valence-corrected chi connectivity index (χ2v) is 8.13. The summed E-state index contributed by atoms with van der Waals surface area (Å²) in [7, 11) is 0. The highest BCUT2D eigenvalue weighted by Gasteiger charge is 2.53. The molecule has 1 aromatic rings. The third-order valence-corrected chi connectivity index (χ3v) is 6.34. The predicted octanol–water partition coefficient (Wildman–Crippen LogP) is 3.06. The largest absolute Gasteiger partial charge is 0.339 e. The monoisotopic (exact) mass is 286 g/mol. The van der Waals surface area contributed by atoms with Crippen LogP contribution >= 0.6 is 0 Å². The van der Waals surface area contributed by atoms with Crippen molar-refractivity contribution >= 4 is 5.78 Å². The molecule has 0 spiro atoms. The van der Waals surface area contributed by atoms with Crippen LogP contribution in [0.1, 0.15) is 63.1 Å². The third kappa shape index (κ3) is 1.98. The van der Waals surface area contributed by atoms with E-state index in [1.807, 2.05) is 0 Å². The van der Waals surface area contributed by atoms with Gasteiger partial charge >= 0.3 is 0 Å². The summed E-state index contributed by atoms with van der Waals surface area (Å²) in [5.74, 6) is 4.68. The number of nitrogens with zero attached hydrogens (tertiary/aromatic N) is 2. The topological polar surface area (TPSA) is 56.0 Å². The van der Waals surface area contributed by atoms with Crippen LogP contribution < -0.4 is 0 Å². The average Bonchev–Trinajstić information content (AvgIpc) is 3.17. The summed E-state index contributed by atoms with van der Waals surface area (Å²) < 4.78 is 5.42. The molecule has 0 unspecified atom stereocenters. The number of rotatable bonds is 4. The fourth-order valence-corrected chi connectivity index (χ4v) is 5.63. The van der Waals surface area contributed by atoms with Crippen LogP contribution in [-0.4, -0.2) is 15.9 Å². The molecule has 0 radical (unpaired) electrons. The lowest BCUT2D eigenvalue weighted by Crippen LogP contribution is -2.49. The number of hydrogen-bond donors (Lipinski definition) is 0. The highest BCUT2D eigenvalue weighted by Crippen LogP contribution is 2.60. The molecular formula is C17H22N2O2. The van der Waals surface area contributed by atoms with Crippen LogP contribution in [0, 0.1) is 23.7 Å². The van der Waals surface area contributed by atoms with E-state index in [-0.39, 0.29) is 17.1 Å². The number of hydrogen-bond acceptors (Lipinski definition) is 4. The van der Waals surface area contributed by atoms with Gasteiger partial charge in [-0.25, -0.2) is 0 Å². The minimum Gasteiger partial charge on any atom is -0.339 e. The molecule has 21 heavy (non-hydrogen) atoms. The molecule has 5 fully saturated rings. The standard InChI is InChI=1S/C17H22N2O2/c20-14(13-1-2-13)6-15-18-16(19-21-15)17-7-10-3-11(8-17)5-12(4-10)9-17/h10-13H,1-9H2. The van der Waals surface area contributed by atoms with Gasteiger partial charge in [0, 0.05) is 11.3 Å². The Morgan fingerprint density at radius 3 is 2.29 bits per heavy atom. The Kier molecular flexibility index (Phi) is 2.46. The number of ketones is 1. The minimum atomic E-state index is 0.180. The van der Waals surface area contributed by atoms with Crippen molar-refractivity contribution in [3.05, 3.63) is 11.7 Å². The van der Waals surface area contributed by atoms with Gasteiger partial charge in [0.25, 0.3) is 0 Å². The normalized spacial score (nSPS) is 40.7. The average molecular weight is 286 g/mol. The van der Waals surface area contributed by atoms with Gasteiger partial charge in [-0.2, -0.15) is 4.98 Å². The zero-order chi connectivity index (χ0) is 14.0. The highest BCUT2D eigenvalue weighted by molar-refractivity contribution is 5.84. The maximum absolute atomic E-state index is 11.9. The van der Waals surface area contributed by atoms with Crippen molar-refractivity contribution in [3.8, 4) is 0 Å². The first-order valence-electron chi connectivity index (χ1n) is 8.56. The molecule has 0 atom stereocenters. The molecule has 0 amide bonds. The van der Waals surface area contributed by atoms with Gasteiger partial charge in [0.1, 0.15) is 5.78 Å². The van der Waals surface area contributed by atoms with Crippen molar-refractivity contribution in [2.45, 2.75) is 63.2 Å². The van der Waals surface area contributed by atoms with Gasteiger partial charge in [0.2, 0.25) is 5.89 Å². The Labute approximate surface area is 124 Å². The summed E-state index contributed by atoms with van der Waals surface area (Å²) >= 11 is 0. The summed E-state index contributed by atoms with van der Waals surface area (Å²) in [6.07, 6.45) is 10.4. The van der Waals surface area contributed by atoms with Crippen molar-refractivity contribution in [3.63, 3.8) is 0 Å². The van der Waals surface area contributed by atoms with Gasteiger partial charge in [0.05, 0.1) is 6.42 Å². The molecular weight excluding hydrogens is 264 g/mol. The van der Waals surface area contributed by atoms with Crippen molar-refractivity contribution in [1.29, 1.82) is 0 Å². The van der Waals surface area contributed by atoms with Crippen LogP contribution in [0.25, 0.3) is 0 Å². The zero-order valence-electron chi connectivity index (χ0n) is 12.4. The maximum Gasteiger partial charge on any atom is 0.234 e. The molecule has 0 N–H and O–H groups in total. The van der Waals surface area contributed by atoms with Gasteiger partial charge in [-0.15, -0.1) is 0 Å². The highest BCUT2D eigenvalue weighted by atomic mass is 16.5. The fourth-order valence-electron chi connectivity index (χ4n) is 5.63. The van der Waals surface area contributed by atoms with E-state index in [1.165, 1.54) is 38.5 Å². The SMILES string of the molecule is O=C(Cc1nc(C23CC4CC(CC(C4)C2)C3)no1)C1CC1. The summed E-state index contributed by atoms with van der Waals surface area (Å²) in [5, 5.41) is 4.30. The van der Waals surface area contributed by atoms with E-state index in [0.29, 0.717) is 12.3 Å². The lowest BCUT2D eigenvalue weighted by atomic mass is 9.49. The summed E-state index contributed by atoms with van der Waals surface area (Å²) in [6, 6.07) is 0. The Morgan fingerprint density at radius 2 is 1.71 bits per heavy atom. The maximum atomic E-state index is 11.9. The first kappa shape index (κ1) is 12.4. The Bertz CT molecular complexity index is 552. The fraction of sp³-hybridized carbons (Fsp3) is 0.824. The van der Waals surface area contributed by atoms with Crippen LogP contribution in [0.2, 0.25) is 0 Å². The van der Waals surface area contributed by atoms with E-state index < -0.39 is 0 Å². The quantitative estimate of drug-likeness (QED) is 0.853. The molecule has 6 rings (SSSR count). The molecule has 1 heterocycles. The van der Waals surface area contributed by atoms with Crippen LogP contribution in [-0.2, 0) is 16.6 Å². The first-order valence-corrected chi connectivity index (χ1v) is 8.56. The Morgan fingerprint density at radius 1 is 1.10 bits per heavy atom. The van der Waals surface area contributed by atoms with Gasteiger partial charge in [-0.05, 0) is 69.1 Å². The molecule has 0 saturated heterocycles. The number of aromatic nitrogens is 2. The van der Waals surface area contributed by atoms with Crippen molar-refractivity contribution < 1.29 is 9.32 Å². The molecule has 1 aromatic heterocycles. The smallest absolute Gasteiger partial charge is 0.234 e. The minimum absolute atomic E-state index is 0.180. The van der Waals surface area contributed by atoms with Crippen LogP contribution in [0.5, 0.6) is 0 Å². The van der Waals surface area contributed by atoms with Crippen molar-refractivity contribution in [2.24, 2.45) is 23.7 Å². The van der Waals surface area contributed by atoms with E-state index in [4.69, 9.17) is 4.52 Å². The molecule has 4 bridgehead atoms. The summed E-state index contributed by atoms with van der Waals surface area (Å²) in [4.78, 5) is 16.6. The molecule has 5 aliphatic carbocycles. The van der Waals surface area contributed by atoms with Gasteiger partial charge < -0.3 is 4.52 Å². The van der Waals surface area contributed by atoms with E-state index in [9.17, 15) is 4.79 Å². The number of Topliss-reactive ketones (excluding diaryl/α,β-unsaturated/α-hetero) is 1. The number of carbonyl (C=O) groups is 1. The van der Waals surface area contributed by atoms with E-state index in [0.717, 1.165) is 36.4 Å². The van der Waals surface area contributed by atoms with E-state index >= 15 is 0 Å². The molecule has 5 saturated carbocycles. The van der Waals surface area contributed by atoms with Crippen LogP contribution in [0.4, 0.5) is 0 Å². The first-order chi connectivity index (χ1) is 10.2. The molecule has 4 heteroatoms. The molecule has 0 aromatic carbocycles. The van der Waals surface area contributed by atoms with E-state index in [1.54, 1.807) is 0 Å². The van der Waals surface area contributed by atoms with E-state index in [2.05, 4.69) is 10.1 Å². The van der Waals surface area contributed by atoms with Crippen LogP contribution in [0.3, 0.4) is 0 Å². The molecule has 112 valence electrons. The van der Waals surface area contributed by atoms with Crippen molar-refractivity contribution in [2.75, 3.05) is 0 Å². The van der Waals surface area contributed by atoms with Gasteiger partial charge in [-0.3, -0.25) is 4.79 Å². The zero-order valence-corrected chi connectivity index (χ0v) is 12.4. The second-order valence-electron chi connectivity index (χ2n) is 8.13.